The first kappa shape index (κ1) is 18.9. The second kappa shape index (κ2) is 7.55. The fourth-order valence-electron chi connectivity index (χ4n) is 5.27. The van der Waals surface area contributed by atoms with Crippen LogP contribution in [-0.2, 0) is 22.4 Å². The lowest BCUT2D eigenvalue weighted by molar-refractivity contribution is -0.131. The smallest absolute Gasteiger partial charge is 0.223 e. The topological polar surface area (TPSA) is 70.2 Å². The van der Waals surface area contributed by atoms with Crippen LogP contribution in [0, 0.1) is 5.92 Å². The van der Waals surface area contributed by atoms with Crippen LogP contribution in [0.2, 0.25) is 0 Å². The molecule has 0 radical (unpaired) electrons. The Hall–Kier alpha value is -1.40. The van der Waals surface area contributed by atoms with E-state index in [0.29, 0.717) is 0 Å². The summed E-state index contributed by atoms with van der Waals surface area (Å²) in [5.41, 5.74) is 2.42. The van der Waals surface area contributed by atoms with Crippen LogP contribution in [0.25, 0.3) is 0 Å². The lowest BCUT2D eigenvalue weighted by Gasteiger charge is -2.51. The molecule has 6 nitrogen and oxygen atoms in total. The summed E-state index contributed by atoms with van der Waals surface area (Å²) >= 11 is 0. The van der Waals surface area contributed by atoms with Crippen LogP contribution in [-0.4, -0.2) is 58.4 Å². The van der Waals surface area contributed by atoms with Gasteiger partial charge in [-0.3, -0.25) is 14.8 Å². The highest BCUT2D eigenvalue weighted by molar-refractivity contribution is 5.79. The van der Waals surface area contributed by atoms with E-state index < -0.39 is 0 Å². The van der Waals surface area contributed by atoms with Gasteiger partial charge in [-0.25, -0.2) is 0 Å². The van der Waals surface area contributed by atoms with E-state index in [1.807, 2.05) is 6.20 Å². The number of nitrogens with one attached hydrogen (secondary N) is 2. The van der Waals surface area contributed by atoms with Crippen molar-refractivity contribution in [3.63, 3.8) is 0 Å². The monoisotopic (exact) mass is 374 g/mol. The number of hydrogen-bond donors (Lipinski definition) is 2. The van der Waals surface area contributed by atoms with Crippen molar-refractivity contribution in [2.24, 2.45) is 5.92 Å². The molecule has 1 saturated heterocycles. The molecule has 2 aliphatic carbocycles. The standard InChI is InChI=1S/C21H34N4O2/c1-20(2)15-25(10-11-27-20)21(8-4-3-5-9-21)14-22-19(26)16-6-7-18-17(12-16)13-23-24-18/h13,16H,3-12,14-15H2,1-2H3,(H,22,26)(H,23,24)/t16-/m0/s1. The highest BCUT2D eigenvalue weighted by Crippen LogP contribution is 2.36. The van der Waals surface area contributed by atoms with E-state index in [0.717, 1.165) is 45.5 Å². The highest BCUT2D eigenvalue weighted by atomic mass is 16.5. The average Bonchev–Trinajstić information content (AvgIpc) is 3.14. The molecule has 1 aliphatic heterocycles. The van der Waals surface area contributed by atoms with Gasteiger partial charge in [0.15, 0.2) is 0 Å². The van der Waals surface area contributed by atoms with Crippen LogP contribution in [0.5, 0.6) is 0 Å². The Morgan fingerprint density at radius 3 is 2.96 bits per heavy atom. The van der Waals surface area contributed by atoms with Gasteiger partial charge in [0.1, 0.15) is 0 Å². The maximum absolute atomic E-state index is 12.9. The minimum Gasteiger partial charge on any atom is -0.373 e. The molecule has 2 N–H and O–H groups in total. The normalized spacial score (nSPS) is 27.7. The third-order valence-corrected chi connectivity index (χ3v) is 6.86. The van der Waals surface area contributed by atoms with Crippen molar-refractivity contribution in [1.82, 2.24) is 20.4 Å². The van der Waals surface area contributed by atoms with Gasteiger partial charge in [0, 0.05) is 36.8 Å². The molecule has 0 aromatic carbocycles. The quantitative estimate of drug-likeness (QED) is 0.849. The van der Waals surface area contributed by atoms with Crippen molar-refractivity contribution in [3.05, 3.63) is 17.5 Å². The predicted octanol–water partition coefficient (Wildman–Crippen LogP) is 2.44. The summed E-state index contributed by atoms with van der Waals surface area (Å²) in [4.78, 5) is 15.6. The van der Waals surface area contributed by atoms with Crippen molar-refractivity contribution in [3.8, 4) is 0 Å². The van der Waals surface area contributed by atoms with Crippen LogP contribution in [0.4, 0.5) is 0 Å². The summed E-state index contributed by atoms with van der Waals surface area (Å²) < 4.78 is 5.94. The zero-order chi connectivity index (χ0) is 18.9. The predicted molar refractivity (Wildman–Crippen MR) is 105 cm³/mol. The summed E-state index contributed by atoms with van der Waals surface area (Å²) in [6, 6.07) is 0. The first-order valence-electron chi connectivity index (χ1n) is 10.7. The van der Waals surface area contributed by atoms with Gasteiger partial charge in [-0.05, 0) is 51.5 Å². The third-order valence-electron chi connectivity index (χ3n) is 6.86. The van der Waals surface area contributed by atoms with Crippen molar-refractivity contribution in [1.29, 1.82) is 0 Å². The van der Waals surface area contributed by atoms with Gasteiger partial charge in [0.25, 0.3) is 0 Å². The van der Waals surface area contributed by atoms with Crippen LogP contribution in [0.3, 0.4) is 0 Å². The largest absolute Gasteiger partial charge is 0.373 e. The number of nitrogens with zero attached hydrogens (tertiary/aromatic N) is 2. The van der Waals surface area contributed by atoms with Gasteiger partial charge in [0.05, 0.1) is 18.4 Å². The first-order chi connectivity index (χ1) is 13.0. The summed E-state index contributed by atoms with van der Waals surface area (Å²) in [6.45, 7) is 7.84. The number of carbonyl (C=O) groups is 1. The number of amides is 1. The zero-order valence-electron chi connectivity index (χ0n) is 16.9. The van der Waals surface area contributed by atoms with Gasteiger partial charge in [-0.1, -0.05) is 19.3 Å². The molecule has 1 amide bonds. The molecule has 0 bridgehead atoms. The maximum atomic E-state index is 12.9. The number of aromatic amines is 1. The molecular formula is C21H34N4O2. The summed E-state index contributed by atoms with van der Waals surface area (Å²) in [6.07, 6.45) is 10.7. The second-order valence-electron chi connectivity index (χ2n) is 9.35. The van der Waals surface area contributed by atoms with Crippen LogP contribution >= 0.6 is 0 Å². The average molecular weight is 375 g/mol. The fraction of sp³-hybridized carbons (Fsp3) is 0.810. The van der Waals surface area contributed by atoms with E-state index in [1.165, 1.54) is 43.4 Å². The Labute approximate surface area is 162 Å². The summed E-state index contributed by atoms with van der Waals surface area (Å²) in [5.74, 6) is 0.302. The van der Waals surface area contributed by atoms with Gasteiger partial charge < -0.3 is 10.1 Å². The highest BCUT2D eigenvalue weighted by Gasteiger charge is 2.42. The number of rotatable bonds is 4. The lowest BCUT2D eigenvalue weighted by atomic mass is 9.78. The van der Waals surface area contributed by atoms with Gasteiger partial charge in [0.2, 0.25) is 5.91 Å². The molecule has 1 aromatic rings. The van der Waals surface area contributed by atoms with Crippen LogP contribution in [0.15, 0.2) is 6.20 Å². The number of morpholine rings is 1. The Morgan fingerprint density at radius 2 is 2.19 bits per heavy atom. The van der Waals surface area contributed by atoms with Gasteiger partial charge in [-0.15, -0.1) is 0 Å². The number of hydrogen-bond acceptors (Lipinski definition) is 4. The molecule has 4 rings (SSSR count). The van der Waals surface area contributed by atoms with E-state index in [-0.39, 0.29) is 23.0 Å². The van der Waals surface area contributed by atoms with Crippen molar-refractivity contribution < 1.29 is 9.53 Å². The Balaban J connectivity index is 1.41. The molecule has 2 fully saturated rings. The molecule has 1 saturated carbocycles. The summed E-state index contributed by atoms with van der Waals surface area (Å²) in [7, 11) is 0. The number of aromatic nitrogens is 2. The molecule has 0 unspecified atom stereocenters. The fourth-order valence-corrected chi connectivity index (χ4v) is 5.27. The summed E-state index contributed by atoms with van der Waals surface area (Å²) in [5, 5.41) is 10.5. The van der Waals surface area contributed by atoms with E-state index in [2.05, 4.69) is 34.3 Å². The Morgan fingerprint density at radius 1 is 1.37 bits per heavy atom. The SMILES string of the molecule is CC1(C)CN(C2(CNC(=O)[C@H]3CCc4[nH]ncc4C3)CCCCC2)CCO1. The Kier molecular flexibility index (Phi) is 5.30. The molecule has 2 heterocycles. The number of H-pyrrole nitrogens is 1. The number of aryl methyl sites for hydroxylation is 1. The first-order valence-corrected chi connectivity index (χ1v) is 10.7. The lowest BCUT2D eigenvalue weighted by Crippen LogP contribution is -2.63. The molecule has 150 valence electrons. The molecule has 3 aliphatic rings. The molecule has 0 spiro atoms. The molecule has 1 aromatic heterocycles. The van der Waals surface area contributed by atoms with Crippen molar-refractivity contribution in [2.45, 2.75) is 76.4 Å². The van der Waals surface area contributed by atoms with E-state index in [1.54, 1.807) is 0 Å². The molecule has 6 heteroatoms. The second-order valence-corrected chi connectivity index (χ2v) is 9.35. The maximum Gasteiger partial charge on any atom is 0.223 e. The van der Waals surface area contributed by atoms with Gasteiger partial charge in [-0.2, -0.15) is 5.10 Å². The third kappa shape index (κ3) is 4.06. The minimum atomic E-state index is -0.103. The van der Waals surface area contributed by atoms with Crippen molar-refractivity contribution >= 4 is 5.91 Å². The Bertz CT molecular complexity index is 663. The van der Waals surface area contributed by atoms with Crippen LogP contribution in [0.1, 0.15) is 63.6 Å². The van der Waals surface area contributed by atoms with E-state index >= 15 is 0 Å². The number of ether oxygens (including phenoxy) is 1. The van der Waals surface area contributed by atoms with Crippen LogP contribution < -0.4 is 5.32 Å². The number of fused-ring (bicyclic) bond motifs is 1. The molecular weight excluding hydrogens is 340 g/mol. The minimum absolute atomic E-state index is 0.0804. The number of carbonyl (C=O) groups excluding carboxylic acids is 1. The van der Waals surface area contributed by atoms with Crippen molar-refractivity contribution in [2.75, 3.05) is 26.2 Å². The zero-order valence-corrected chi connectivity index (χ0v) is 16.9. The van der Waals surface area contributed by atoms with E-state index in [4.69, 9.17) is 4.74 Å². The molecule has 27 heavy (non-hydrogen) atoms. The molecule has 1 atom stereocenters. The van der Waals surface area contributed by atoms with E-state index in [9.17, 15) is 4.79 Å². The van der Waals surface area contributed by atoms with Gasteiger partial charge >= 0.3 is 0 Å².